The largest absolute Gasteiger partial charge is 0.381 e. The van der Waals surface area contributed by atoms with Crippen LogP contribution in [0.25, 0.3) is 0 Å². The van der Waals surface area contributed by atoms with Gasteiger partial charge in [0, 0.05) is 40.6 Å². The molecule has 0 bridgehead atoms. The Hall–Kier alpha value is 0.620. The maximum Gasteiger partial charge on any atom is 0.0510 e. The first-order chi connectivity index (χ1) is 8.36. The van der Waals surface area contributed by atoms with Gasteiger partial charge in [-0.15, -0.1) is 0 Å². The van der Waals surface area contributed by atoms with Gasteiger partial charge in [-0.25, -0.2) is 0 Å². The molecule has 2 aliphatic rings. The predicted molar refractivity (Wildman–Crippen MR) is 79.2 cm³/mol. The van der Waals surface area contributed by atoms with Gasteiger partial charge in [-0.1, -0.05) is 13.8 Å². The standard InChI is InChI=1S/C13H25NOS2/c1-3-11-13(17-8-7-16-11)12(14-4-2)10-5-6-15-9-10/h10-14H,3-9H2,1-2H3. The number of rotatable bonds is 5. The molecule has 0 radical (unpaired) electrons. The van der Waals surface area contributed by atoms with E-state index in [0.717, 1.165) is 36.2 Å². The first kappa shape index (κ1) is 14.0. The molecule has 2 fully saturated rings. The lowest BCUT2D eigenvalue weighted by atomic mass is 9.93. The summed E-state index contributed by atoms with van der Waals surface area (Å²) >= 11 is 4.37. The molecule has 0 aliphatic carbocycles. The van der Waals surface area contributed by atoms with Crippen LogP contribution >= 0.6 is 23.5 Å². The highest BCUT2D eigenvalue weighted by Crippen LogP contribution is 2.38. The van der Waals surface area contributed by atoms with Crippen LogP contribution in [-0.2, 0) is 4.74 Å². The van der Waals surface area contributed by atoms with Crippen LogP contribution in [0, 0.1) is 5.92 Å². The molecule has 0 aromatic rings. The van der Waals surface area contributed by atoms with Crippen molar-refractivity contribution in [2.24, 2.45) is 5.92 Å². The lowest BCUT2D eigenvalue weighted by molar-refractivity contribution is 0.176. The Bertz CT molecular complexity index is 221. The quantitative estimate of drug-likeness (QED) is 0.832. The number of ether oxygens (including phenoxy) is 1. The van der Waals surface area contributed by atoms with E-state index in [4.69, 9.17) is 4.74 Å². The normalized spacial score (nSPS) is 36.0. The Balaban J connectivity index is 2.01. The van der Waals surface area contributed by atoms with Crippen molar-refractivity contribution < 1.29 is 4.74 Å². The van der Waals surface area contributed by atoms with Gasteiger partial charge in [-0.05, 0) is 19.4 Å². The van der Waals surface area contributed by atoms with Gasteiger partial charge in [0.05, 0.1) is 6.61 Å². The summed E-state index contributed by atoms with van der Waals surface area (Å²) in [6.45, 7) is 7.58. The van der Waals surface area contributed by atoms with E-state index in [2.05, 4.69) is 42.7 Å². The molecule has 2 rings (SSSR count). The third-order valence-electron chi connectivity index (χ3n) is 3.76. The summed E-state index contributed by atoms with van der Waals surface area (Å²) in [5.74, 6) is 3.39. The summed E-state index contributed by atoms with van der Waals surface area (Å²) in [5.41, 5.74) is 0. The highest BCUT2D eigenvalue weighted by Gasteiger charge is 2.37. The topological polar surface area (TPSA) is 21.3 Å². The van der Waals surface area contributed by atoms with Crippen LogP contribution in [0.15, 0.2) is 0 Å². The monoisotopic (exact) mass is 275 g/mol. The maximum absolute atomic E-state index is 5.59. The fraction of sp³-hybridized carbons (Fsp3) is 1.00. The van der Waals surface area contributed by atoms with Crippen molar-refractivity contribution in [3.63, 3.8) is 0 Å². The first-order valence-corrected chi connectivity index (χ1v) is 9.00. The fourth-order valence-electron chi connectivity index (χ4n) is 2.89. The third-order valence-corrected chi connectivity index (χ3v) is 7.13. The molecule has 2 aliphatic heterocycles. The van der Waals surface area contributed by atoms with Crippen molar-refractivity contribution in [3.05, 3.63) is 0 Å². The fourth-order valence-corrected chi connectivity index (χ4v) is 6.24. The third kappa shape index (κ3) is 3.55. The SMILES string of the molecule is CCNC(C1CCOC1)C1SCCSC1CC. The molecule has 4 heteroatoms. The molecule has 2 nitrogen and oxygen atoms in total. The van der Waals surface area contributed by atoms with Crippen LogP contribution in [0.1, 0.15) is 26.7 Å². The summed E-state index contributed by atoms with van der Waals surface area (Å²) in [6.07, 6.45) is 2.55. The number of nitrogens with one attached hydrogen (secondary N) is 1. The van der Waals surface area contributed by atoms with E-state index in [-0.39, 0.29) is 0 Å². The van der Waals surface area contributed by atoms with E-state index in [0.29, 0.717) is 6.04 Å². The van der Waals surface area contributed by atoms with Crippen LogP contribution in [0.5, 0.6) is 0 Å². The lowest BCUT2D eigenvalue weighted by Gasteiger charge is -2.38. The zero-order chi connectivity index (χ0) is 12.1. The molecule has 4 atom stereocenters. The molecule has 0 aromatic carbocycles. The second-order valence-electron chi connectivity index (χ2n) is 4.86. The van der Waals surface area contributed by atoms with E-state index in [1.165, 1.54) is 24.3 Å². The van der Waals surface area contributed by atoms with Gasteiger partial charge in [0.15, 0.2) is 0 Å². The number of thioether (sulfide) groups is 2. The second kappa shape index (κ2) is 7.27. The predicted octanol–water partition coefficient (Wildman–Crippen LogP) is 2.63. The summed E-state index contributed by atoms with van der Waals surface area (Å²) in [5, 5.41) is 5.36. The van der Waals surface area contributed by atoms with Crippen molar-refractivity contribution in [2.75, 3.05) is 31.3 Å². The van der Waals surface area contributed by atoms with E-state index in [9.17, 15) is 0 Å². The van der Waals surface area contributed by atoms with Crippen LogP contribution in [0.2, 0.25) is 0 Å². The summed E-state index contributed by atoms with van der Waals surface area (Å²) in [4.78, 5) is 0. The minimum atomic E-state index is 0.658. The number of hydrogen-bond donors (Lipinski definition) is 1. The Morgan fingerprint density at radius 2 is 2.12 bits per heavy atom. The molecule has 0 saturated carbocycles. The van der Waals surface area contributed by atoms with Crippen LogP contribution in [0.3, 0.4) is 0 Å². The van der Waals surface area contributed by atoms with E-state index >= 15 is 0 Å². The van der Waals surface area contributed by atoms with Gasteiger partial charge in [0.25, 0.3) is 0 Å². The summed E-state index contributed by atoms with van der Waals surface area (Å²) in [6, 6.07) is 0.658. The Kier molecular flexibility index (Phi) is 6.00. The molecular formula is C13H25NOS2. The molecule has 0 aromatic heterocycles. The zero-order valence-electron chi connectivity index (χ0n) is 11.0. The molecule has 100 valence electrons. The van der Waals surface area contributed by atoms with Crippen molar-refractivity contribution >= 4 is 23.5 Å². The smallest absolute Gasteiger partial charge is 0.0510 e. The van der Waals surface area contributed by atoms with Crippen molar-refractivity contribution in [1.82, 2.24) is 5.32 Å². The Morgan fingerprint density at radius 3 is 2.76 bits per heavy atom. The maximum atomic E-state index is 5.59. The highest BCUT2D eigenvalue weighted by atomic mass is 32.2. The Morgan fingerprint density at radius 1 is 1.29 bits per heavy atom. The zero-order valence-corrected chi connectivity index (χ0v) is 12.6. The van der Waals surface area contributed by atoms with Gasteiger partial charge in [0.1, 0.15) is 0 Å². The van der Waals surface area contributed by atoms with E-state index in [1.54, 1.807) is 0 Å². The van der Waals surface area contributed by atoms with Gasteiger partial charge in [-0.2, -0.15) is 23.5 Å². The van der Waals surface area contributed by atoms with E-state index < -0.39 is 0 Å². The van der Waals surface area contributed by atoms with Crippen molar-refractivity contribution in [1.29, 1.82) is 0 Å². The molecule has 2 heterocycles. The second-order valence-corrected chi connectivity index (χ2v) is 7.49. The van der Waals surface area contributed by atoms with Gasteiger partial charge in [0.2, 0.25) is 0 Å². The minimum absolute atomic E-state index is 0.658. The van der Waals surface area contributed by atoms with Crippen LogP contribution in [0.4, 0.5) is 0 Å². The number of hydrogen-bond acceptors (Lipinski definition) is 4. The van der Waals surface area contributed by atoms with Gasteiger partial charge < -0.3 is 10.1 Å². The molecule has 0 amide bonds. The average molecular weight is 275 g/mol. The summed E-state index contributed by atoms with van der Waals surface area (Å²) in [7, 11) is 0. The Labute approximate surface area is 114 Å². The van der Waals surface area contributed by atoms with Crippen molar-refractivity contribution in [2.45, 2.75) is 43.2 Å². The first-order valence-electron chi connectivity index (χ1n) is 6.91. The van der Waals surface area contributed by atoms with E-state index in [1.807, 2.05) is 0 Å². The molecule has 1 N–H and O–H groups in total. The molecular weight excluding hydrogens is 250 g/mol. The van der Waals surface area contributed by atoms with Gasteiger partial charge in [-0.3, -0.25) is 0 Å². The van der Waals surface area contributed by atoms with Crippen molar-refractivity contribution in [3.8, 4) is 0 Å². The van der Waals surface area contributed by atoms with Crippen LogP contribution < -0.4 is 5.32 Å². The van der Waals surface area contributed by atoms with Gasteiger partial charge >= 0.3 is 0 Å². The minimum Gasteiger partial charge on any atom is -0.381 e. The molecule has 0 spiro atoms. The molecule has 17 heavy (non-hydrogen) atoms. The molecule has 4 unspecified atom stereocenters. The highest BCUT2D eigenvalue weighted by molar-refractivity contribution is 8.07. The van der Waals surface area contributed by atoms with Crippen LogP contribution in [-0.4, -0.2) is 47.8 Å². The lowest BCUT2D eigenvalue weighted by Crippen LogP contribution is -2.49. The summed E-state index contributed by atoms with van der Waals surface area (Å²) < 4.78 is 5.59. The molecule has 2 saturated heterocycles. The average Bonchev–Trinajstić information content (AvgIpc) is 2.89.